The van der Waals surface area contributed by atoms with Crippen molar-refractivity contribution >= 4 is 11.6 Å². The highest BCUT2D eigenvalue weighted by molar-refractivity contribution is 6.31. The third kappa shape index (κ3) is 6.95. The van der Waals surface area contributed by atoms with Gasteiger partial charge in [0, 0.05) is 11.6 Å². The van der Waals surface area contributed by atoms with Crippen LogP contribution < -0.4 is 5.32 Å². The second-order valence-electron chi connectivity index (χ2n) is 5.37. The molecule has 1 aromatic rings. The Morgan fingerprint density at radius 1 is 1.21 bits per heavy atom. The first-order valence-electron chi connectivity index (χ1n) is 7.19. The first-order chi connectivity index (χ1) is 9.13. The molecule has 3 heteroatoms. The molecule has 0 radical (unpaired) electrons. The van der Waals surface area contributed by atoms with E-state index < -0.39 is 0 Å². The van der Waals surface area contributed by atoms with Gasteiger partial charge in [0.2, 0.25) is 0 Å². The summed E-state index contributed by atoms with van der Waals surface area (Å²) in [5.41, 5.74) is 1.06. The lowest BCUT2D eigenvalue weighted by Gasteiger charge is -2.19. The summed E-state index contributed by atoms with van der Waals surface area (Å²) in [6.45, 7) is 9.16. The Kier molecular flexibility index (Phi) is 8.11. The molecule has 0 fully saturated rings. The molecule has 1 rings (SSSR count). The molecule has 0 aliphatic heterocycles. The maximum Gasteiger partial charge on any atom is 0.0735 e. The molecule has 0 amide bonds. The summed E-state index contributed by atoms with van der Waals surface area (Å²) in [4.78, 5) is 0. The zero-order valence-corrected chi connectivity index (χ0v) is 13.0. The second-order valence-corrected chi connectivity index (χ2v) is 5.77. The molecular formula is C16H26ClNO. The Hall–Kier alpha value is -0.570. The summed E-state index contributed by atoms with van der Waals surface area (Å²) in [7, 11) is 0. The fourth-order valence-corrected chi connectivity index (χ4v) is 2.11. The summed E-state index contributed by atoms with van der Waals surface area (Å²) in [6, 6.07) is 7.87. The molecule has 1 atom stereocenters. The van der Waals surface area contributed by atoms with E-state index in [4.69, 9.17) is 16.3 Å². The maximum atomic E-state index is 6.14. The predicted molar refractivity (Wildman–Crippen MR) is 82.6 cm³/mol. The van der Waals surface area contributed by atoms with Crippen LogP contribution in [0.3, 0.4) is 0 Å². The number of hydrogen-bond acceptors (Lipinski definition) is 2. The van der Waals surface area contributed by atoms with Crippen LogP contribution in [0.5, 0.6) is 0 Å². The van der Waals surface area contributed by atoms with E-state index in [0.717, 1.165) is 36.5 Å². The van der Waals surface area contributed by atoms with Crippen LogP contribution in [-0.2, 0) is 11.3 Å². The van der Waals surface area contributed by atoms with E-state index in [-0.39, 0.29) is 6.10 Å². The molecule has 0 heterocycles. The van der Waals surface area contributed by atoms with Crippen molar-refractivity contribution in [3.8, 4) is 0 Å². The molecule has 0 saturated carbocycles. The molecule has 0 bridgehead atoms. The minimum atomic E-state index is 0.264. The van der Waals surface area contributed by atoms with Crippen molar-refractivity contribution in [3.63, 3.8) is 0 Å². The smallest absolute Gasteiger partial charge is 0.0735 e. The molecule has 2 nitrogen and oxygen atoms in total. The lowest BCUT2D eigenvalue weighted by molar-refractivity contribution is 0.0345. The van der Waals surface area contributed by atoms with Crippen molar-refractivity contribution in [3.05, 3.63) is 34.9 Å². The van der Waals surface area contributed by atoms with E-state index in [0.29, 0.717) is 12.5 Å². The topological polar surface area (TPSA) is 21.3 Å². The molecule has 1 N–H and O–H groups in total. The average Bonchev–Trinajstić information content (AvgIpc) is 2.37. The standard InChI is InChI=1S/C16H26ClNO/c1-4-7-15(11-18-10-13(2)3)19-12-14-8-5-6-9-16(14)17/h5-6,8-9,13,15,18H,4,7,10-12H2,1-3H3. The predicted octanol–water partition coefficient (Wildman–Crippen LogP) is 4.27. The van der Waals surface area contributed by atoms with Crippen LogP contribution in [0.1, 0.15) is 39.2 Å². The average molecular weight is 284 g/mol. The normalized spacial score (nSPS) is 12.9. The minimum Gasteiger partial charge on any atom is -0.372 e. The van der Waals surface area contributed by atoms with E-state index >= 15 is 0 Å². The van der Waals surface area contributed by atoms with E-state index in [2.05, 4.69) is 26.1 Å². The van der Waals surface area contributed by atoms with Crippen LogP contribution in [-0.4, -0.2) is 19.2 Å². The van der Waals surface area contributed by atoms with Crippen LogP contribution in [0.4, 0.5) is 0 Å². The Labute approximate surface area is 122 Å². The summed E-state index contributed by atoms with van der Waals surface area (Å²) in [6.07, 6.45) is 2.48. The van der Waals surface area contributed by atoms with Crippen LogP contribution in [0.15, 0.2) is 24.3 Å². The number of benzene rings is 1. The molecule has 1 unspecified atom stereocenters. The van der Waals surface area contributed by atoms with Crippen LogP contribution in [0, 0.1) is 5.92 Å². The zero-order valence-electron chi connectivity index (χ0n) is 12.3. The van der Waals surface area contributed by atoms with Crippen molar-refractivity contribution in [1.82, 2.24) is 5.32 Å². The Morgan fingerprint density at radius 2 is 1.95 bits per heavy atom. The van der Waals surface area contributed by atoms with Crippen molar-refractivity contribution in [2.45, 2.75) is 46.3 Å². The summed E-state index contributed by atoms with van der Waals surface area (Å²) in [5.74, 6) is 0.672. The van der Waals surface area contributed by atoms with Gasteiger partial charge in [-0.2, -0.15) is 0 Å². The Balaban J connectivity index is 2.38. The van der Waals surface area contributed by atoms with Gasteiger partial charge in [0.15, 0.2) is 0 Å². The van der Waals surface area contributed by atoms with E-state index in [9.17, 15) is 0 Å². The fraction of sp³-hybridized carbons (Fsp3) is 0.625. The number of halogens is 1. The van der Waals surface area contributed by atoms with Crippen molar-refractivity contribution in [2.24, 2.45) is 5.92 Å². The van der Waals surface area contributed by atoms with Crippen LogP contribution in [0.25, 0.3) is 0 Å². The van der Waals surface area contributed by atoms with Gasteiger partial charge in [-0.15, -0.1) is 0 Å². The first kappa shape index (κ1) is 16.5. The third-order valence-electron chi connectivity index (χ3n) is 2.97. The fourth-order valence-electron chi connectivity index (χ4n) is 1.92. The third-order valence-corrected chi connectivity index (χ3v) is 3.34. The largest absolute Gasteiger partial charge is 0.372 e. The molecule has 19 heavy (non-hydrogen) atoms. The Bertz CT molecular complexity index is 354. The van der Waals surface area contributed by atoms with Gasteiger partial charge in [-0.05, 0) is 30.5 Å². The molecule has 0 aromatic heterocycles. The molecule has 0 aliphatic rings. The quantitative estimate of drug-likeness (QED) is 0.731. The van der Waals surface area contributed by atoms with E-state index in [1.807, 2.05) is 24.3 Å². The summed E-state index contributed by atoms with van der Waals surface area (Å²) >= 11 is 6.14. The number of rotatable bonds is 9. The van der Waals surface area contributed by atoms with Gasteiger partial charge in [-0.3, -0.25) is 0 Å². The van der Waals surface area contributed by atoms with Gasteiger partial charge in [-0.25, -0.2) is 0 Å². The van der Waals surface area contributed by atoms with Crippen LogP contribution >= 0.6 is 11.6 Å². The molecule has 108 valence electrons. The monoisotopic (exact) mass is 283 g/mol. The number of nitrogens with one attached hydrogen (secondary N) is 1. The summed E-state index contributed by atoms with van der Waals surface area (Å²) in [5, 5.41) is 4.25. The van der Waals surface area contributed by atoms with Gasteiger partial charge in [0.25, 0.3) is 0 Å². The van der Waals surface area contributed by atoms with E-state index in [1.54, 1.807) is 0 Å². The highest BCUT2D eigenvalue weighted by Gasteiger charge is 2.09. The van der Waals surface area contributed by atoms with Gasteiger partial charge in [-0.1, -0.05) is 57.0 Å². The molecule has 1 aromatic carbocycles. The van der Waals surface area contributed by atoms with Gasteiger partial charge < -0.3 is 10.1 Å². The lowest BCUT2D eigenvalue weighted by atomic mass is 10.2. The lowest BCUT2D eigenvalue weighted by Crippen LogP contribution is -2.31. The van der Waals surface area contributed by atoms with Gasteiger partial charge >= 0.3 is 0 Å². The first-order valence-corrected chi connectivity index (χ1v) is 7.57. The van der Waals surface area contributed by atoms with Crippen molar-refractivity contribution < 1.29 is 4.74 Å². The molecule has 0 spiro atoms. The number of hydrogen-bond donors (Lipinski definition) is 1. The molecule has 0 saturated heterocycles. The van der Waals surface area contributed by atoms with Crippen LogP contribution in [0.2, 0.25) is 5.02 Å². The SMILES string of the molecule is CCCC(CNCC(C)C)OCc1ccccc1Cl. The Morgan fingerprint density at radius 3 is 2.58 bits per heavy atom. The van der Waals surface area contributed by atoms with Crippen molar-refractivity contribution in [1.29, 1.82) is 0 Å². The highest BCUT2D eigenvalue weighted by atomic mass is 35.5. The summed E-state index contributed by atoms with van der Waals surface area (Å²) < 4.78 is 5.98. The highest BCUT2D eigenvalue weighted by Crippen LogP contribution is 2.17. The van der Waals surface area contributed by atoms with Gasteiger partial charge in [0.1, 0.15) is 0 Å². The van der Waals surface area contributed by atoms with Crippen molar-refractivity contribution in [2.75, 3.05) is 13.1 Å². The minimum absolute atomic E-state index is 0.264. The molecule has 0 aliphatic carbocycles. The van der Waals surface area contributed by atoms with E-state index in [1.165, 1.54) is 0 Å². The maximum absolute atomic E-state index is 6.14. The van der Waals surface area contributed by atoms with Gasteiger partial charge in [0.05, 0.1) is 12.7 Å². The zero-order chi connectivity index (χ0) is 14.1. The molecular weight excluding hydrogens is 258 g/mol. The number of ether oxygens (including phenoxy) is 1. The second kappa shape index (κ2) is 9.35.